The lowest BCUT2D eigenvalue weighted by molar-refractivity contribution is 0.579. The van der Waals surface area contributed by atoms with E-state index in [1.807, 2.05) is 11.8 Å². The Kier molecular flexibility index (Phi) is 4.66. The van der Waals surface area contributed by atoms with E-state index in [1.54, 1.807) is 6.92 Å². The van der Waals surface area contributed by atoms with Crippen LogP contribution < -0.4 is 10.5 Å². The number of sulfonamides is 1. The first-order chi connectivity index (χ1) is 8.90. The molecule has 2 rings (SSSR count). The Labute approximate surface area is 123 Å². The first-order valence-corrected chi connectivity index (χ1v) is 8.98. The first kappa shape index (κ1) is 15.0. The molecule has 1 aliphatic rings. The molecule has 0 aromatic heterocycles. The fraction of sp³-hybridized carbons (Fsp3) is 0.500. The smallest absolute Gasteiger partial charge is 0.240 e. The van der Waals surface area contributed by atoms with E-state index in [9.17, 15) is 8.42 Å². The molecule has 19 heavy (non-hydrogen) atoms. The second-order valence-electron chi connectivity index (χ2n) is 4.61. The summed E-state index contributed by atoms with van der Waals surface area (Å²) in [6, 6.07) is 2.89. The molecule has 0 amide bonds. The van der Waals surface area contributed by atoms with Crippen molar-refractivity contribution in [2.24, 2.45) is 0 Å². The van der Waals surface area contributed by atoms with Gasteiger partial charge in [0.15, 0.2) is 0 Å². The zero-order valence-corrected chi connectivity index (χ0v) is 13.0. The van der Waals surface area contributed by atoms with Gasteiger partial charge in [-0.15, -0.1) is 0 Å². The average molecular weight is 321 g/mol. The predicted molar refractivity (Wildman–Crippen MR) is 81.3 cm³/mol. The van der Waals surface area contributed by atoms with Crippen LogP contribution in [0.25, 0.3) is 0 Å². The zero-order valence-electron chi connectivity index (χ0n) is 10.6. The lowest BCUT2D eigenvalue weighted by atomic mass is 10.2. The quantitative estimate of drug-likeness (QED) is 0.836. The monoisotopic (exact) mass is 320 g/mol. The second-order valence-corrected chi connectivity index (χ2v) is 8.19. The van der Waals surface area contributed by atoms with Crippen LogP contribution in [0.3, 0.4) is 0 Å². The molecule has 0 radical (unpaired) electrons. The summed E-state index contributed by atoms with van der Waals surface area (Å²) in [4.78, 5) is 0.128. The molecule has 106 valence electrons. The molecule has 1 unspecified atom stereocenters. The Hall–Kier alpha value is -0.430. The molecule has 1 aromatic rings. The highest BCUT2D eigenvalue weighted by atomic mass is 35.5. The van der Waals surface area contributed by atoms with E-state index in [2.05, 4.69) is 4.72 Å². The van der Waals surface area contributed by atoms with Gasteiger partial charge in [0.05, 0.1) is 4.90 Å². The van der Waals surface area contributed by atoms with E-state index in [1.165, 1.54) is 12.1 Å². The number of rotatable bonds is 4. The second kappa shape index (κ2) is 5.91. The molecular weight excluding hydrogens is 304 g/mol. The topological polar surface area (TPSA) is 72.2 Å². The maximum atomic E-state index is 12.2. The number of nitrogens with one attached hydrogen (secondary N) is 1. The maximum absolute atomic E-state index is 12.2. The van der Waals surface area contributed by atoms with Crippen molar-refractivity contribution in [2.45, 2.75) is 29.9 Å². The SMILES string of the molecule is Cc1c(N)cc(S(=O)(=O)NCC2CCCS2)cc1Cl. The fourth-order valence-corrected chi connectivity index (χ4v) is 4.66. The van der Waals surface area contributed by atoms with Gasteiger partial charge in [-0.25, -0.2) is 13.1 Å². The van der Waals surface area contributed by atoms with Crippen LogP contribution in [0.4, 0.5) is 5.69 Å². The zero-order chi connectivity index (χ0) is 14.0. The molecule has 0 spiro atoms. The molecule has 0 aliphatic carbocycles. The Morgan fingerprint density at radius 1 is 1.53 bits per heavy atom. The third kappa shape index (κ3) is 3.56. The number of nitrogen functional groups attached to an aromatic ring is 1. The van der Waals surface area contributed by atoms with Crippen LogP contribution in [0, 0.1) is 6.92 Å². The van der Waals surface area contributed by atoms with Crippen molar-refractivity contribution >= 4 is 39.1 Å². The summed E-state index contributed by atoms with van der Waals surface area (Å²) in [6.07, 6.45) is 2.21. The van der Waals surface area contributed by atoms with Crippen molar-refractivity contribution in [1.29, 1.82) is 0 Å². The average Bonchev–Trinajstić information content (AvgIpc) is 2.86. The van der Waals surface area contributed by atoms with Gasteiger partial charge in [0.1, 0.15) is 0 Å². The van der Waals surface area contributed by atoms with Gasteiger partial charge in [-0.1, -0.05) is 11.6 Å². The van der Waals surface area contributed by atoms with Crippen molar-refractivity contribution in [3.05, 3.63) is 22.7 Å². The van der Waals surface area contributed by atoms with Crippen molar-refractivity contribution in [3.8, 4) is 0 Å². The standard InChI is InChI=1S/C12H17ClN2O2S2/c1-8-11(13)5-10(6-12(8)14)19(16,17)15-7-9-3-2-4-18-9/h5-6,9,15H,2-4,7,14H2,1H3. The minimum Gasteiger partial charge on any atom is -0.398 e. The lowest BCUT2D eigenvalue weighted by Gasteiger charge is -2.12. The number of thioether (sulfide) groups is 1. The number of halogens is 1. The van der Waals surface area contributed by atoms with E-state index < -0.39 is 10.0 Å². The highest BCUT2D eigenvalue weighted by molar-refractivity contribution is 8.00. The molecule has 7 heteroatoms. The molecule has 1 heterocycles. The number of hydrogen-bond acceptors (Lipinski definition) is 4. The number of nitrogens with two attached hydrogens (primary N) is 1. The van der Waals surface area contributed by atoms with E-state index in [0.717, 1.165) is 18.6 Å². The molecule has 0 bridgehead atoms. The highest BCUT2D eigenvalue weighted by Gasteiger charge is 2.21. The van der Waals surface area contributed by atoms with Crippen LogP contribution in [0.5, 0.6) is 0 Å². The van der Waals surface area contributed by atoms with E-state index in [-0.39, 0.29) is 4.90 Å². The Bertz CT molecular complexity index is 546. The van der Waals surface area contributed by atoms with Crippen LogP contribution in [0.1, 0.15) is 18.4 Å². The summed E-state index contributed by atoms with van der Waals surface area (Å²) in [6.45, 7) is 2.22. The molecule has 1 aromatic carbocycles. The van der Waals surface area contributed by atoms with Crippen molar-refractivity contribution in [3.63, 3.8) is 0 Å². The summed E-state index contributed by atoms with van der Waals surface area (Å²) in [5.41, 5.74) is 6.85. The summed E-state index contributed by atoms with van der Waals surface area (Å²) < 4.78 is 27.0. The Balaban J connectivity index is 2.14. The van der Waals surface area contributed by atoms with E-state index in [4.69, 9.17) is 17.3 Å². The molecule has 0 saturated carbocycles. The third-order valence-electron chi connectivity index (χ3n) is 3.19. The maximum Gasteiger partial charge on any atom is 0.240 e. The number of hydrogen-bond donors (Lipinski definition) is 2. The molecule has 3 N–H and O–H groups in total. The highest BCUT2D eigenvalue weighted by Crippen LogP contribution is 2.27. The summed E-state index contributed by atoms with van der Waals surface area (Å²) in [5.74, 6) is 1.11. The first-order valence-electron chi connectivity index (χ1n) is 6.07. The number of anilines is 1. The Morgan fingerprint density at radius 2 is 2.26 bits per heavy atom. The van der Waals surface area contributed by atoms with Gasteiger partial charge >= 0.3 is 0 Å². The summed E-state index contributed by atoms with van der Waals surface area (Å²) in [7, 11) is -3.54. The van der Waals surface area contributed by atoms with E-state index in [0.29, 0.717) is 28.1 Å². The molecule has 1 fully saturated rings. The molecule has 1 saturated heterocycles. The van der Waals surface area contributed by atoms with Crippen molar-refractivity contribution < 1.29 is 8.42 Å². The minimum atomic E-state index is -3.54. The lowest BCUT2D eigenvalue weighted by Crippen LogP contribution is -2.30. The van der Waals surface area contributed by atoms with Crippen molar-refractivity contribution in [2.75, 3.05) is 18.0 Å². The normalized spacial score (nSPS) is 19.8. The summed E-state index contributed by atoms with van der Waals surface area (Å²) in [5, 5.41) is 0.739. The van der Waals surface area contributed by atoms with Crippen molar-refractivity contribution in [1.82, 2.24) is 4.72 Å². The van der Waals surface area contributed by atoms with Crippen LogP contribution in [-0.4, -0.2) is 26.0 Å². The van der Waals surface area contributed by atoms with E-state index >= 15 is 0 Å². The van der Waals surface area contributed by atoms with Gasteiger partial charge in [-0.05, 0) is 43.2 Å². The molecule has 4 nitrogen and oxygen atoms in total. The van der Waals surface area contributed by atoms with Gasteiger partial charge < -0.3 is 5.73 Å². The van der Waals surface area contributed by atoms with Crippen LogP contribution in [0.15, 0.2) is 17.0 Å². The van der Waals surface area contributed by atoms with Crippen LogP contribution >= 0.6 is 23.4 Å². The minimum absolute atomic E-state index is 0.128. The van der Waals surface area contributed by atoms with Gasteiger partial charge in [-0.2, -0.15) is 11.8 Å². The Morgan fingerprint density at radius 3 is 2.84 bits per heavy atom. The molecule has 1 atom stereocenters. The van der Waals surface area contributed by atoms with Gasteiger partial charge in [0, 0.05) is 22.5 Å². The summed E-state index contributed by atoms with van der Waals surface area (Å²) >= 11 is 7.79. The third-order valence-corrected chi connectivity index (χ3v) is 6.39. The van der Waals surface area contributed by atoms with Gasteiger partial charge in [-0.3, -0.25) is 0 Å². The fourth-order valence-electron chi connectivity index (χ4n) is 1.92. The molecular formula is C12H17ClN2O2S2. The van der Waals surface area contributed by atoms with Gasteiger partial charge in [0.25, 0.3) is 0 Å². The van der Waals surface area contributed by atoms with Crippen LogP contribution in [-0.2, 0) is 10.0 Å². The van der Waals surface area contributed by atoms with Gasteiger partial charge in [0.2, 0.25) is 10.0 Å². The largest absolute Gasteiger partial charge is 0.398 e. The predicted octanol–water partition coefficient (Wildman–Crippen LogP) is 2.40. The van der Waals surface area contributed by atoms with Crippen LogP contribution in [0.2, 0.25) is 5.02 Å². The number of benzene rings is 1. The molecule has 1 aliphatic heterocycles.